The fourth-order valence-electron chi connectivity index (χ4n) is 7.80. The molecular weight excluding hydrogens is 424 g/mol. The SMILES string of the molecule is CC(=O)OC1CC2OCC2(O)C2C(O)C3CC(O)C4(C)OCC3(C)C4(O)C(O)C(=O)C12C. The molecule has 0 amide bonds. The highest BCUT2D eigenvalue weighted by Gasteiger charge is 2.82. The van der Waals surface area contributed by atoms with Gasteiger partial charge in [0.05, 0.1) is 36.9 Å². The molecule has 5 N–H and O–H groups in total. The summed E-state index contributed by atoms with van der Waals surface area (Å²) in [7, 11) is 0. The van der Waals surface area contributed by atoms with Gasteiger partial charge in [-0.2, -0.15) is 0 Å². The van der Waals surface area contributed by atoms with Crippen LogP contribution in [0.15, 0.2) is 0 Å². The summed E-state index contributed by atoms with van der Waals surface area (Å²) in [6.07, 6.45) is -6.51. The number of carbonyl (C=O) groups is 2. The lowest BCUT2D eigenvalue weighted by Crippen LogP contribution is -2.83. The Morgan fingerprint density at radius 2 is 1.75 bits per heavy atom. The van der Waals surface area contributed by atoms with Crippen molar-refractivity contribution in [2.75, 3.05) is 13.2 Å². The minimum Gasteiger partial charge on any atom is -0.461 e. The van der Waals surface area contributed by atoms with Crippen molar-refractivity contribution in [1.82, 2.24) is 0 Å². The standard InChI is InChI=1S/C22H32O10/c1-9(23)32-12-6-13-21(28,8-30-13)15-14(25)10-5-11(24)20(4)22(29,18(10,2)7-31-20)17(27)16(26)19(12,15)3/h10-15,17,24-25,27-29H,5-8H2,1-4H3. The first-order valence-corrected chi connectivity index (χ1v) is 11.2. The molecule has 3 saturated carbocycles. The molecular formula is C22H32O10. The number of ether oxygens (including phenoxy) is 3. The average Bonchev–Trinajstić information content (AvgIpc) is 2.86. The van der Waals surface area contributed by atoms with Gasteiger partial charge in [-0.1, -0.05) is 6.92 Å². The monoisotopic (exact) mass is 456 g/mol. The molecule has 2 aliphatic heterocycles. The lowest BCUT2D eigenvalue weighted by molar-refractivity contribution is -0.346. The number of carbonyl (C=O) groups excluding carboxylic acids is 2. The number of fused-ring (bicyclic) bond motifs is 3. The third-order valence-corrected chi connectivity index (χ3v) is 9.82. The topological polar surface area (TPSA) is 163 Å². The van der Waals surface area contributed by atoms with E-state index in [-0.39, 0.29) is 26.1 Å². The minimum absolute atomic E-state index is 0.00498. The number of ketones is 1. The van der Waals surface area contributed by atoms with Gasteiger partial charge in [0.25, 0.3) is 0 Å². The van der Waals surface area contributed by atoms with Gasteiger partial charge < -0.3 is 39.7 Å². The number of aliphatic hydroxyl groups is 5. The van der Waals surface area contributed by atoms with Crippen molar-refractivity contribution in [2.24, 2.45) is 22.7 Å². The molecule has 32 heavy (non-hydrogen) atoms. The second kappa shape index (κ2) is 6.29. The van der Waals surface area contributed by atoms with Gasteiger partial charge in [-0.25, -0.2) is 0 Å². The normalized spacial score (nSPS) is 61.0. The van der Waals surface area contributed by atoms with E-state index in [1.165, 1.54) is 20.8 Å². The lowest BCUT2D eigenvalue weighted by Gasteiger charge is -2.67. The number of rotatable bonds is 1. The fraction of sp³-hybridized carbons (Fsp3) is 0.909. The second-order valence-corrected chi connectivity index (χ2v) is 11.1. The maximum atomic E-state index is 14.0. The second-order valence-electron chi connectivity index (χ2n) is 11.1. The molecule has 12 unspecified atom stereocenters. The first kappa shape index (κ1) is 22.6. The summed E-state index contributed by atoms with van der Waals surface area (Å²) in [5.74, 6) is -3.52. The Bertz CT molecular complexity index is 879. The molecule has 2 saturated heterocycles. The Morgan fingerprint density at radius 3 is 2.31 bits per heavy atom. The van der Waals surface area contributed by atoms with Crippen LogP contribution >= 0.6 is 0 Å². The molecule has 12 atom stereocenters. The summed E-state index contributed by atoms with van der Waals surface area (Å²) in [5, 5.41) is 57.7. The van der Waals surface area contributed by atoms with Crippen molar-refractivity contribution >= 4 is 11.8 Å². The molecule has 180 valence electrons. The van der Waals surface area contributed by atoms with Crippen LogP contribution < -0.4 is 0 Å². The maximum absolute atomic E-state index is 14.0. The Balaban J connectivity index is 1.75. The highest BCUT2D eigenvalue weighted by molar-refractivity contribution is 5.92. The molecule has 0 aromatic rings. The quantitative estimate of drug-likeness (QED) is 0.287. The van der Waals surface area contributed by atoms with Crippen LogP contribution in [0.25, 0.3) is 0 Å². The minimum atomic E-state index is -2.22. The summed E-state index contributed by atoms with van der Waals surface area (Å²) < 4.78 is 16.9. The first-order valence-electron chi connectivity index (χ1n) is 11.2. The van der Waals surface area contributed by atoms with Gasteiger partial charge in [0.1, 0.15) is 29.0 Å². The van der Waals surface area contributed by atoms with Crippen LogP contribution in [0.3, 0.4) is 0 Å². The molecule has 10 nitrogen and oxygen atoms in total. The zero-order valence-electron chi connectivity index (χ0n) is 18.6. The number of esters is 1. The van der Waals surface area contributed by atoms with Gasteiger partial charge in [-0.15, -0.1) is 0 Å². The molecule has 2 heterocycles. The summed E-state index contributed by atoms with van der Waals surface area (Å²) in [6, 6.07) is 0. The van der Waals surface area contributed by atoms with Crippen LogP contribution in [0, 0.1) is 22.7 Å². The molecule has 5 rings (SSSR count). The van der Waals surface area contributed by atoms with E-state index in [1.807, 2.05) is 0 Å². The van der Waals surface area contributed by atoms with E-state index >= 15 is 0 Å². The van der Waals surface area contributed by atoms with Crippen LogP contribution in [0.1, 0.15) is 40.5 Å². The smallest absolute Gasteiger partial charge is 0.302 e. The van der Waals surface area contributed by atoms with Crippen LogP contribution in [0.2, 0.25) is 0 Å². The van der Waals surface area contributed by atoms with Crippen LogP contribution in [0.5, 0.6) is 0 Å². The third-order valence-electron chi connectivity index (χ3n) is 9.82. The summed E-state index contributed by atoms with van der Waals surface area (Å²) >= 11 is 0. The van der Waals surface area contributed by atoms with Gasteiger partial charge >= 0.3 is 5.97 Å². The van der Waals surface area contributed by atoms with Gasteiger partial charge in [0, 0.05) is 24.7 Å². The van der Waals surface area contributed by atoms with Crippen molar-refractivity contribution < 1.29 is 49.3 Å². The molecule has 0 aromatic carbocycles. The van der Waals surface area contributed by atoms with Crippen molar-refractivity contribution in [2.45, 2.75) is 87.9 Å². The highest BCUT2D eigenvalue weighted by atomic mass is 16.6. The third kappa shape index (κ3) is 2.16. The Morgan fingerprint density at radius 1 is 1.09 bits per heavy atom. The Kier molecular flexibility index (Phi) is 4.45. The lowest BCUT2D eigenvalue weighted by atomic mass is 9.42. The van der Waals surface area contributed by atoms with Gasteiger partial charge in [0.15, 0.2) is 5.78 Å². The van der Waals surface area contributed by atoms with E-state index < -0.39 is 81.7 Å². The zero-order valence-corrected chi connectivity index (χ0v) is 18.6. The zero-order chi connectivity index (χ0) is 23.6. The molecule has 3 aliphatic carbocycles. The fourth-order valence-corrected chi connectivity index (χ4v) is 7.80. The van der Waals surface area contributed by atoms with E-state index in [9.17, 15) is 35.1 Å². The number of hydrogen-bond acceptors (Lipinski definition) is 10. The van der Waals surface area contributed by atoms with Crippen molar-refractivity contribution in [3.63, 3.8) is 0 Å². The maximum Gasteiger partial charge on any atom is 0.302 e. The predicted octanol–water partition coefficient (Wildman–Crippen LogP) is -1.71. The molecule has 5 fully saturated rings. The number of hydrogen-bond donors (Lipinski definition) is 5. The highest BCUT2D eigenvalue weighted by Crippen LogP contribution is 2.67. The Hall–Kier alpha value is -1.14. The number of Topliss-reactive ketones (excluding diaryl/α,β-unsaturated/α-hetero) is 1. The average molecular weight is 456 g/mol. The predicted molar refractivity (Wildman–Crippen MR) is 105 cm³/mol. The largest absolute Gasteiger partial charge is 0.461 e. The molecule has 10 heteroatoms. The van der Waals surface area contributed by atoms with Crippen LogP contribution in [-0.4, -0.2) is 97.8 Å². The van der Waals surface area contributed by atoms with Crippen LogP contribution in [0.4, 0.5) is 0 Å². The molecule has 0 spiro atoms. The van der Waals surface area contributed by atoms with E-state index in [0.717, 1.165) is 0 Å². The Labute approximate surface area is 185 Å². The van der Waals surface area contributed by atoms with Crippen molar-refractivity contribution in [3.8, 4) is 0 Å². The van der Waals surface area contributed by atoms with Crippen LogP contribution in [-0.2, 0) is 23.8 Å². The summed E-state index contributed by atoms with van der Waals surface area (Å²) in [4.78, 5) is 25.9. The van der Waals surface area contributed by atoms with Crippen molar-refractivity contribution in [3.05, 3.63) is 0 Å². The van der Waals surface area contributed by atoms with E-state index in [4.69, 9.17) is 14.2 Å². The summed E-state index contributed by atoms with van der Waals surface area (Å²) in [5.41, 5.74) is -8.48. The molecule has 5 aliphatic rings. The first-order chi connectivity index (χ1) is 14.7. The molecule has 4 bridgehead atoms. The van der Waals surface area contributed by atoms with E-state index in [1.54, 1.807) is 6.92 Å². The molecule has 0 radical (unpaired) electrons. The van der Waals surface area contributed by atoms with Gasteiger partial charge in [-0.05, 0) is 26.2 Å². The van der Waals surface area contributed by atoms with Crippen molar-refractivity contribution in [1.29, 1.82) is 0 Å². The number of aliphatic hydroxyl groups excluding tert-OH is 3. The van der Waals surface area contributed by atoms with Gasteiger partial charge in [0.2, 0.25) is 0 Å². The summed E-state index contributed by atoms with van der Waals surface area (Å²) in [6.45, 7) is 5.50. The molecule has 0 aromatic heterocycles. The van der Waals surface area contributed by atoms with E-state index in [2.05, 4.69) is 0 Å². The van der Waals surface area contributed by atoms with Gasteiger partial charge in [-0.3, -0.25) is 9.59 Å². The van der Waals surface area contributed by atoms with E-state index in [0.29, 0.717) is 0 Å².